The maximum Gasteiger partial charge on any atom is 0.239 e. The van der Waals surface area contributed by atoms with E-state index < -0.39 is 0 Å². The second-order valence-electron chi connectivity index (χ2n) is 4.26. The van der Waals surface area contributed by atoms with Gasteiger partial charge >= 0.3 is 0 Å². The summed E-state index contributed by atoms with van der Waals surface area (Å²) < 4.78 is 0.792. The number of nitrogens with one attached hydrogen (secondary N) is 1. The monoisotopic (exact) mass is 312 g/mol. The lowest BCUT2D eigenvalue weighted by Crippen LogP contribution is -2.30. The summed E-state index contributed by atoms with van der Waals surface area (Å²) in [6.07, 6.45) is 2.10. The molecule has 0 aromatic carbocycles. The van der Waals surface area contributed by atoms with E-state index in [2.05, 4.69) is 56.1 Å². The number of aromatic nitrogens is 2. The van der Waals surface area contributed by atoms with Gasteiger partial charge in [-0.3, -0.25) is 5.43 Å². The van der Waals surface area contributed by atoms with Crippen molar-refractivity contribution >= 4 is 27.7 Å². The summed E-state index contributed by atoms with van der Waals surface area (Å²) in [6, 6.07) is 2.15. The van der Waals surface area contributed by atoms with E-state index in [-0.39, 0.29) is 0 Å². The van der Waals surface area contributed by atoms with Crippen LogP contribution in [-0.4, -0.2) is 23.1 Å². The summed E-state index contributed by atoms with van der Waals surface area (Å²) in [5.41, 5.74) is 2.42. The molecule has 0 aliphatic heterocycles. The molecule has 0 amide bonds. The number of hydrazine groups is 1. The highest BCUT2D eigenvalue weighted by atomic mass is 79.9. The Kier molecular flexibility index (Phi) is 5.82. The smallest absolute Gasteiger partial charge is 0.239 e. The largest absolute Gasteiger partial charge is 0.354 e. The highest BCUT2D eigenvalue weighted by molar-refractivity contribution is 9.10. The summed E-state index contributed by atoms with van der Waals surface area (Å²) in [5.74, 6) is 6.89. The molecule has 1 heterocycles. The van der Waals surface area contributed by atoms with E-state index in [1.54, 1.807) is 6.20 Å². The Morgan fingerprint density at radius 3 is 2.89 bits per heavy atom. The van der Waals surface area contributed by atoms with Crippen LogP contribution in [0.4, 0.5) is 11.8 Å². The SMILES string of the molecule is CC(C)CN(CCC#N)c1nc(NN)ncc1Br. The van der Waals surface area contributed by atoms with Crippen molar-refractivity contribution in [1.29, 1.82) is 5.26 Å². The Hall–Kier alpha value is -1.39. The van der Waals surface area contributed by atoms with Crippen LogP contribution >= 0.6 is 15.9 Å². The molecule has 0 saturated carbocycles. The van der Waals surface area contributed by atoms with Crippen molar-refractivity contribution in [3.05, 3.63) is 10.7 Å². The molecule has 0 bridgehead atoms. The first-order valence-electron chi connectivity index (χ1n) is 5.69. The van der Waals surface area contributed by atoms with Crippen LogP contribution in [0.15, 0.2) is 10.7 Å². The van der Waals surface area contributed by atoms with Gasteiger partial charge in [0, 0.05) is 19.3 Å². The minimum atomic E-state index is 0.360. The molecule has 7 heteroatoms. The van der Waals surface area contributed by atoms with Crippen molar-refractivity contribution in [3.63, 3.8) is 0 Å². The fraction of sp³-hybridized carbons (Fsp3) is 0.545. The Morgan fingerprint density at radius 2 is 2.33 bits per heavy atom. The molecule has 0 spiro atoms. The number of rotatable bonds is 6. The molecule has 0 unspecified atom stereocenters. The number of anilines is 2. The third kappa shape index (κ3) is 4.13. The molecule has 18 heavy (non-hydrogen) atoms. The van der Waals surface area contributed by atoms with Crippen molar-refractivity contribution in [1.82, 2.24) is 9.97 Å². The van der Waals surface area contributed by atoms with E-state index in [4.69, 9.17) is 11.1 Å². The number of hydrogen-bond acceptors (Lipinski definition) is 6. The van der Waals surface area contributed by atoms with Crippen LogP contribution in [0, 0.1) is 17.2 Å². The number of nitrogen functional groups attached to an aromatic ring is 1. The van der Waals surface area contributed by atoms with Crippen LogP contribution < -0.4 is 16.2 Å². The summed E-state index contributed by atoms with van der Waals surface area (Å²) in [7, 11) is 0. The van der Waals surface area contributed by atoms with E-state index in [1.165, 1.54) is 0 Å². The molecule has 1 aromatic heterocycles. The van der Waals surface area contributed by atoms with Crippen LogP contribution in [-0.2, 0) is 0 Å². The number of hydrogen-bond donors (Lipinski definition) is 2. The zero-order valence-corrected chi connectivity index (χ0v) is 12.1. The highest BCUT2D eigenvalue weighted by Gasteiger charge is 2.14. The molecular weight excluding hydrogens is 296 g/mol. The van der Waals surface area contributed by atoms with E-state index in [0.717, 1.165) is 16.8 Å². The van der Waals surface area contributed by atoms with Crippen LogP contribution in [0.2, 0.25) is 0 Å². The van der Waals surface area contributed by atoms with Gasteiger partial charge in [-0.25, -0.2) is 10.8 Å². The maximum atomic E-state index is 8.71. The average molecular weight is 313 g/mol. The zero-order valence-electron chi connectivity index (χ0n) is 10.5. The van der Waals surface area contributed by atoms with Gasteiger partial charge in [0.25, 0.3) is 0 Å². The van der Waals surface area contributed by atoms with Crippen molar-refractivity contribution < 1.29 is 0 Å². The van der Waals surface area contributed by atoms with E-state index in [9.17, 15) is 0 Å². The highest BCUT2D eigenvalue weighted by Crippen LogP contribution is 2.25. The van der Waals surface area contributed by atoms with Gasteiger partial charge < -0.3 is 4.90 Å². The topological polar surface area (TPSA) is 90.9 Å². The first-order valence-corrected chi connectivity index (χ1v) is 6.48. The fourth-order valence-electron chi connectivity index (χ4n) is 1.56. The van der Waals surface area contributed by atoms with Gasteiger partial charge in [0.2, 0.25) is 5.95 Å². The van der Waals surface area contributed by atoms with Gasteiger partial charge in [0.1, 0.15) is 5.82 Å². The first kappa shape index (κ1) is 14.7. The number of nitriles is 1. The van der Waals surface area contributed by atoms with Gasteiger partial charge in [0.15, 0.2) is 0 Å². The Balaban J connectivity index is 2.99. The summed E-state index contributed by atoms with van der Waals surface area (Å²) in [5, 5.41) is 8.71. The molecule has 0 atom stereocenters. The van der Waals surface area contributed by atoms with Gasteiger partial charge in [-0.1, -0.05) is 13.8 Å². The third-order valence-corrected chi connectivity index (χ3v) is 2.79. The Labute approximate surface area is 115 Å². The standard InChI is InChI=1S/C11H17BrN6/c1-8(2)7-18(5-3-4-13)10-9(12)6-15-11(16-10)17-14/h6,8H,3,5,7,14H2,1-2H3,(H,15,16,17). The predicted octanol–water partition coefficient (Wildman–Crippen LogP) is 1.90. The molecule has 0 fully saturated rings. The summed E-state index contributed by atoms with van der Waals surface area (Å²) >= 11 is 3.42. The molecular formula is C11H17BrN6. The van der Waals surface area contributed by atoms with Crippen LogP contribution in [0.3, 0.4) is 0 Å². The van der Waals surface area contributed by atoms with Crippen molar-refractivity contribution in [2.45, 2.75) is 20.3 Å². The molecule has 98 valence electrons. The lowest BCUT2D eigenvalue weighted by molar-refractivity contribution is 0.606. The molecule has 0 aliphatic carbocycles. The van der Waals surface area contributed by atoms with Gasteiger partial charge in [-0.15, -0.1) is 0 Å². The number of halogens is 1. The van der Waals surface area contributed by atoms with Crippen molar-refractivity contribution in [3.8, 4) is 6.07 Å². The lowest BCUT2D eigenvalue weighted by atomic mass is 10.2. The zero-order chi connectivity index (χ0) is 13.5. The first-order chi connectivity index (χ1) is 8.58. The maximum absolute atomic E-state index is 8.71. The van der Waals surface area contributed by atoms with Crippen molar-refractivity contribution in [2.24, 2.45) is 11.8 Å². The normalized spacial score (nSPS) is 10.2. The van der Waals surface area contributed by atoms with E-state index in [1.807, 2.05) is 0 Å². The molecule has 6 nitrogen and oxygen atoms in total. The third-order valence-electron chi connectivity index (χ3n) is 2.23. The number of nitrogens with zero attached hydrogens (tertiary/aromatic N) is 4. The Bertz CT molecular complexity index is 428. The Morgan fingerprint density at radius 1 is 1.61 bits per heavy atom. The summed E-state index contributed by atoms with van der Waals surface area (Å²) in [6.45, 7) is 5.70. The molecule has 0 saturated heterocycles. The average Bonchev–Trinajstić information content (AvgIpc) is 2.35. The second kappa shape index (κ2) is 7.13. The quantitative estimate of drug-likeness (QED) is 0.616. The molecule has 3 N–H and O–H groups in total. The molecule has 1 rings (SSSR count). The number of nitrogens with two attached hydrogens (primary N) is 1. The minimum absolute atomic E-state index is 0.360. The van der Waals surface area contributed by atoms with Crippen LogP contribution in [0.5, 0.6) is 0 Å². The fourth-order valence-corrected chi connectivity index (χ4v) is 2.00. The van der Waals surface area contributed by atoms with Crippen LogP contribution in [0.1, 0.15) is 20.3 Å². The van der Waals surface area contributed by atoms with Gasteiger partial charge in [-0.2, -0.15) is 10.2 Å². The predicted molar refractivity (Wildman–Crippen MR) is 74.8 cm³/mol. The molecule has 1 aromatic rings. The minimum Gasteiger partial charge on any atom is -0.354 e. The van der Waals surface area contributed by atoms with Crippen molar-refractivity contribution in [2.75, 3.05) is 23.4 Å². The summed E-state index contributed by atoms with van der Waals surface area (Å²) in [4.78, 5) is 10.4. The van der Waals surface area contributed by atoms with E-state index in [0.29, 0.717) is 24.8 Å². The molecule has 0 aliphatic rings. The van der Waals surface area contributed by atoms with Gasteiger partial charge in [-0.05, 0) is 21.8 Å². The van der Waals surface area contributed by atoms with Gasteiger partial charge in [0.05, 0.1) is 17.0 Å². The lowest BCUT2D eigenvalue weighted by Gasteiger charge is -2.25. The van der Waals surface area contributed by atoms with Crippen LogP contribution in [0.25, 0.3) is 0 Å². The molecule has 0 radical (unpaired) electrons. The second-order valence-corrected chi connectivity index (χ2v) is 5.11. The van der Waals surface area contributed by atoms with E-state index >= 15 is 0 Å².